The predicted octanol–water partition coefficient (Wildman–Crippen LogP) is -0.0248. The Morgan fingerprint density at radius 3 is 2.84 bits per heavy atom. The third-order valence-corrected chi connectivity index (χ3v) is 3.71. The fourth-order valence-corrected chi connectivity index (χ4v) is 2.65. The van der Waals surface area contributed by atoms with Gasteiger partial charge < -0.3 is 10.3 Å². The summed E-state index contributed by atoms with van der Waals surface area (Å²) in [5, 5.41) is 8.69. The van der Waals surface area contributed by atoms with Crippen LogP contribution in [-0.2, 0) is 13.6 Å². The van der Waals surface area contributed by atoms with Gasteiger partial charge >= 0.3 is 0 Å². The summed E-state index contributed by atoms with van der Waals surface area (Å²) in [4.78, 5) is 17.4. The van der Waals surface area contributed by atoms with E-state index in [9.17, 15) is 4.79 Å². The molecule has 0 amide bonds. The second-order valence-electron chi connectivity index (χ2n) is 5.12. The molecule has 1 saturated heterocycles. The molecule has 0 unspecified atom stereocenters. The van der Waals surface area contributed by atoms with Crippen LogP contribution in [0.15, 0.2) is 10.9 Å². The summed E-state index contributed by atoms with van der Waals surface area (Å²) in [5.41, 5.74) is 2.57. The molecule has 0 spiro atoms. The number of H-pyrrole nitrogens is 1. The number of hydrogen-bond donors (Lipinski definition) is 2. The van der Waals surface area contributed by atoms with E-state index in [1.54, 1.807) is 4.68 Å². The maximum atomic E-state index is 12.1. The molecular weight excluding hydrogens is 242 g/mol. The number of hydrogen-bond acceptors (Lipinski definition) is 4. The molecule has 2 N–H and O–H groups in total. The summed E-state index contributed by atoms with van der Waals surface area (Å²) >= 11 is 0. The first-order valence-corrected chi connectivity index (χ1v) is 6.64. The average Bonchev–Trinajstić information content (AvgIpc) is 2.67. The van der Waals surface area contributed by atoms with E-state index in [4.69, 9.17) is 0 Å². The van der Waals surface area contributed by atoms with Gasteiger partial charge in [-0.2, -0.15) is 5.10 Å². The van der Waals surface area contributed by atoms with Crippen LogP contribution in [0.4, 0.5) is 0 Å². The third kappa shape index (κ3) is 2.29. The third-order valence-electron chi connectivity index (χ3n) is 3.71. The smallest absolute Gasteiger partial charge is 0.254 e. The van der Waals surface area contributed by atoms with Crippen molar-refractivity contribution in [3.8, 4) is 0 Å². The fraction of sp³-hybridized carbons (Fsp3) is 0.538. The summed E-state index contributed by atoms with van der Waals surface area (Å²) < 4.78 is 1.72. The molecule has 0 aliphatic carbocycles. The van der Waals surface area contributed by atoms with Gasteiger partial charge in [0.2, 0.25) is 0 Å². The summed E-state index contributed by atoms with van der Waals surface area (Å²) in [6, 6.07) is 1.98. The van der Waals surface area contributed by atoms with Crippen LogP contribution in [-0.4, -0.2) is 45.8 Å². The molecule has 3 heterocycles. The molecule has 19 heavy (non-hydrogen) atoms. The number of nitrogens with zero attached hydrogens (tertiary/aromatic N) is 3. The second kappa shape index (κ2) is 4.79. The fourth-order valence-electron chi connectivity index (χ4n) is 2.65. The van der Waals surface area contributed by atoms with Crippen molar-refractivity contribution < 1.29 is 0 Å². The molecule has 1 aliphatic rings. The molecule has 2 aromatic heterocycles. The van der Waals surface area contributed by atoms with Crippen molar-refractivity contribution in [1.29, 1.82) is 0 Å². The van der Waals surface area contributed by atoms with Gasteiger partial charge in [0.25, 0.3) is 5.56 Å². The van der Waals surface area contributed by atoms with Crippen LogP contribution < -0.4 is 10.9 Å². The quantitative estimate of drug-likeness (QED) is 0.797. The molecule has 2 aromatic rings. The number of aromatic nitrogens is 3. The normalized spacial score (nSPS) is 17.2. The van der Waals surface area contributed by atoms with Gasteiger partial charge in [0.1, 0.15) is 5.65 Å². The maximum absolute atomic E-state index is 12.1. The minimum atomic E-state index is -0.00553. The highest BCUT2D eigenvalue weighted by molar-refractivity contribution is 5.78. The average molecular weight is 261 g/mol. The number of aromatic amines is 1. The van der Waals surface area contributed by atoms with E-state index in [0.29, 0.717) is 6.54 Å². The Balaban J connectivity index is 1.96. The minimum Gasteiger partial charge on any atom is -0.314 e. The Labute approximate surface area is 111 Å². The molecule has 0 bridgehead atoms. The molecule has 0 aromatic carbocycles. The van der Waals surface area contributed by atoms with Crippen LogP contribution in [0.2, 0.25) is 0 Å². The van der Waals surface area contributed by atoms with E-state index in [0.717, 1.165) is 48.5 Å². The number of fused-ring (bicyclic) bond motifs is 1. The van der Waals surface area contributed by atoms with Crippen molar-refractivity contribution in [2.24, 2.45) is 7.05 Å². The van der Waals surface area contributed by atoms with Crippen molar-refractivity contribution in [1.82, 2.24) is 25.0 Å². The van der Waals surface area contributed by atoms with E-state index in [2.05, 4.69) is 20.3 Å². The van der Waals surface area contributed by atoms with Crippen molar-refractivity contribution in [2.45, 2.75) is 13.5 Å². The highest BCUT2D eigenvalue weighted by Crippen LogP contribution is 2.15. The van der Waals surface area contributed by atoms with Gasteiger partial charge in [-0.3, -0.25) is 14.4 Å². The van der Waals surface area contributed by atoms with Crippen molar-refractivity contribution in [2.75, 3.05) is 26.2 Å². The zero-order chi connectivity index (χ0) is 13.4. The van der Waals surface area contributed by atoms with Crippen LogP contribution in [0.3, 0.4) is 0 Å². The highest BCUT2D eigenvalue weighted by atomic mass is 16.1. The lowest BCUT2D eigenvalue weighted by molar-refractivity contribution is 0.232. The van der Waals surface area contributed by atoms with Crippen molar-refractivity contribution >= 4 is 11.0 Å². The lowest BCUT2D eigenvalue weighted by Gasteiger charge is -2.26. The molecule has 0 radical (unpaired) electrons. The first-order valence-electron chi connectivity index (χ1n) is 6.64. The number of rotatable bonds is 2. The van der Waals surface area contributed by atoms with E-state index in [1.807, 2.05) is 20.0 Å². The first kappa shape index (κ1) is 12.4. The summed E-state index contributed by atoms with van der Waals surface area (Å²) in [5.74, 6) is 0. The zero-order valence-corrected chi connectivity index (χ0v) is 11.4. The predicted molar refractivity (Wildman–Crippen MR) is 74.2 cm³/mol. The van der Waals surface area contributed by atoms with E-state index >= 15 is 0 Å². The van der Waals surface area contributed by atoms with Crippen LogP contribution >= 0.6 is 0 Å². The van der Waals surface area contributed by atoms with Crippen LogP contribution in [0.1, 0.15) is 11.3 Å². The number of aryl methyl sites for hydroxylation is 2. The minimum absolute atomic E-state index is 0.00553. The van der Waals surface area contributed by atoms with Gasteiger partial charge in [-0.15, -0.1) is 0 Å². The molecule has 3 rings (SSSR count). The van der Waals surface area contributed by atoms with Gasteiger partial charge in [0, 0.05) is 50.7 Å². The van der Waals surface area contributed by atoms with Gasteiger partial charge in [-0.05, 0) is 13.0 Å². The SMILES string of the molecule is Cc1nn(C)c2[nH]c(=O)c(CN3CCNCC3)cc12. The topological polar surface area (TPSA) is 66.0 Å². The number of pyridine rings is 1. The molecular formula is C13H19N5O. The largest absolute Gasteiger partial charge is 0.314 e. The van der Waals surface area contributed by atoms with Gasteiger partial charge in [0.05, 0.1) is 5.69 Å². The molecule has 6 heteroatoms. The monoisotopic (exact) mass is 261 g/mol. The standard InChI is InChI=1S/C13H19N5O/c1-9-11-7-10(8-18-5-3-14-4-6-18)13(19)15-12(11)17(2)16-9/h7,14H,3-6,8H2,1-2H3,(H,15,19). The van der Waals surface area contributed by atoms with E-state index < -0.39 is 0 Å². The molecule has 6 nitrogen and oxygen atoms in total. The van der Waals surface area contributed by atoms with Gasteiger partial charge in [-0.25, -0.2) is 0 Å². The Kier molecular flexibility index (Phi) is 3.12. The molecule has 102 valence electrons. The van der Waals surface area contributed by atoms with Crippen LogP contribution in [0.5, 0.6) is 0 Å². The van der Waals surface area contributed by atoms with Gasteiger partial charge in [-0.1, -0.05) is 0 Å². The Hall–Kier alpha value is -1.66. The molecule has 1 aliphatic heterocycles. The Bertz CT molecular complexity index is 651. The second-order valence-corrected chi connectivity index (χ2v) is 5.12. The summed E-state index contributed by atoms with van der Waals surface area (Å²) in [7, 11) is 1.85. The number of nitrogens with one attached hydrogen (secondary N) is 2. The molecule has 1 fully saturated rings. The van der Waals surface area contributed by atoms with Crippen molar-refractivity contribution in [3.05, 3.63) is 27.7 Å². The Morgan fingerprint density at radius 2 is 2.11 bits per heavy atom. The Morgan fingerprint density at radius 1 is 1.37 bits per heavy atom. The van der Waals surface area contributed by atoms with Crippen LogP contribution in [0.25, 0.3) is 11.0 Å². The highest BCUT2D eigenvalue weighted by Gasteiger charge is 2.14. The van der Waals surface area contributed by atoms with E-state index in [1.165, 1.54) is 0 Å². The molecule has 0 atom stereocenters. The van der Waals surface area contributed by atoms with Crippen LogP contribution in [0, 0.1) is 6.92 Å². The van der Waals surface area contributed by atoms with Crippen molar-refractivity contribution in [3.63, 3.8) is 0 Å². The van der Waals surface area contributed by atoms with Gasteiger partial charge in [0.15, 0.2) is 0 Å². The number of piperazine rings is 1. The summed E-state index contributed by atoms with van der Waals surface area (Å²) in [6.07, 6.45) is 0. The lowest BCUT2D eigenvalue weighted by atomic mass is 10.2. The van der Waals surface area contributed by atoms with E-state index in [-0.39, 0.29) is 5.56 Å². The molecule has 0 saturated carbocycles. The summed E-state index contributed by atoms with van der Waals surface area (Å²) in [6.45, 7) is 6.64. The lowest BCUT2D eigenvalue weighted by Crippen LogP contribution is -2.43. The zero-order valence-electron chi connectivity index (χ0n) is 11.4. The maximum Gasteiger partial charge on any atom is 0.254 e. The first-order chi connectivity index (χ1) is 9.15.